The summed E-state index contributed by atoms with van der Waals surface area (Å²) in [6.45, 7) is 5.54. The molecule has 6 nitrogen and oxygen atoms in total. The van der Waals surface area contributed by atoms with Crippen LogP contribution in [-0.4, -0.2) is 55.0 Å². The quantitative estimate of drug-likeness (QED) is 0.908. The number of amides is 3. The normalized spacial score (nSPS) is 14.7. The number of anilines is 1. The summed E-state index contributed by atoms with van der Waals surface area (Å²) in [6, 6.07) is 3.26. The molecule has 7 heteroatoms. The number of nitrogens with one attached hydrogen (secondary N) is 1. The van der Waals surface area contributed by atoms with E-state index in [4.69, 9.17) is 16.3 Å². The molecular weight excluding hydrogens is 306 g/mol. The van der Waals surface area contributed by atoms with Gasteiger partial charge in [-0.2, -0.15) is 0 Å². The SMILES string of the molecule is COc1cc(Cl)c(C)cc1NC(=O)N1CCN(C(C)=O)CC1. The van der Waals surface area contributed by atoms with Gasteiger partial charge in [-0.3, -0.25) is 4.79 Å². The molecular formula is C15H20ClN3O3. The Labute approximate surface area is 135 Å². The zero-order chi connectivity index (χ0) is 16.3. The Morgan fingerprint density at radius 1 is 1.18 bits per heavy atom. The van der Waals surface area contributed by atoms with Crippen LogP contribution in [0, 0.1) is 6.92 Å². The molecule has 1 fully saturated rings. The number of nitrogens with zero attached hydrogens (tertiary/aromatic N) is 2. The van der Waals surface area contributed by atoms with Crippen LogP contribution < -0.4 is 10.1 Å². The molecule has 1 N–H and O–H groups in total. The van der Waals surface area contributed by atoms with Crippen LogP contribution in [0.1, 0.15) is 12.5 Å². The van der Waals surface area contributed by atoms with Crippen molar-refractivity contribution in [2.24, 2.45) is 0 Å². The van der Waals surface area contributed by atoms with E-state index in [9.17, 15) is 9.59 Å². The van der Waals surface area contributed by atoms with Gasteiger partial charge in [0.15, 0.2) is 0 Å². The maximum absolute atomic E-state index is 12.3. The molecule has 1 aliphatic rings. The number of rotatable bonds is 2. The first-order valence-corrected chi connectivity index (χ1v) is 7.45. The zero-order valence-electron chi connectivity index (χ0n) is 13.0. The summed E-state index contributed by atoms with van der Waals surface area (Å²) in [5.41, 5.74) is 1.45. The summed E-state index contributed by atoms with van der Waals surface area (Å²) in [5, 5.41) is 3.43. The number of aryl methyl sites for hydroxylation is 1. The molecule has 0 atom stereocenters. The third kappa shape index (κ3) is 3.62. The maximum Gasteiger partial charge on any atom is 0.322 e. The van der Waals surface area contributed by atoms with E-state index in [1.54, 1.807) is 21.9 Å². The summed E-state index contributed by atoms with van der Waals surface area (Å²) in [6.07, 6.45) is 0. The molecule has 22 heavy (non-hydrogen) atoms. The molecule has 1 heterocycles. The summed E-state index contributed by atoms with van der Waals surface area (Å²) >= 11 is 6.05. The number of benzene rings is 1. The van der Waals surface area contributed by atoms with Crippen molar-refractivity contribution in [3.63, 3.8) is 0 Å². The molecule has 1 aliphatic heterocycles. The second-order valence-electron chi connectivity index (χ2n) is 5.22. The number of carbonyl (C=O) groups is 2. The minimum absolute atomic E-state index is 0.0371. The van der Waals surface area contributed by atoms with Gasteiger partial charge >= 0.3 is 6.03 Å². The minimum Gasteiger partial charge on any atom is -0.495 e. The third-order valence-corrected chi connectivity index (χ3v) is 4.14. The Hall–Kier alpha value is -1.95. The summed E-state index contributed by atoms with van der Waals surface area (Å²) in [5.74, 6) is 0.557. The van der Waals surface area contributed by atoms with Crippen LogP contribution in [0.15, 0.2) is 12.1 Å². The van der Waals surface area contributed by atoms with E-state index in [-0.39, 0.29) is 11.9 Å². The summed E-state index contributed by atoms with van der Waals surface area (Å²) < 4.78 is 5.25. The first kappa shape index (κ1) is 16.4. The molecule has 0 aliphatic carbocycles. The van der Waals surface area contributed by atoms with Gasteiger partial charge in [-0.1, -0.05) is 11.6 Å². The molecule has 1 aromatic carbocycles. The van der Waals surface area contributed by atoms with Gasteiger partial charge in [0.2, 0.25) is 5.91 Å². The van der Waals surface area contributed by atoms with Gasteiger partial charge in [0, 0.05) is 44.2 Å². The van der Waals surface area contributed by atoms with Crippen LogP contribution in [0.5, 0.6) is 5.75 Å². The Kier molecular flexibility index (Phi) is 5.13. The van der Waals surface area contributed by atoms with Gasteiger partial charge in [0.05, 0.1) is 12.8 Å². The molecule has 0 bridgehead atoms. The minimum atomic E-state index is -0.205. The molecule has 3 amide bonds. The number of urea groups is 1. The van der Waals surface area contributed by atoms with E-state index in [0.29, 0.717) is 42.6 Å². The van der Waals surface area contributed by atoms with Crippen molar-refractivity contribution in [3.05, 3.63) is 22.7 Å². The van der Waals surface area contributed by atoms with E-state index in [1.165, 1.54) is 14.0 Å². The van der Waals surface area contributed by atoms with Crippen molar-refractivity contribution in [2.45, 2.75) is 13.8 Å². The molecule has 0 unspecified atom stereocenters. The third-order valence-electron chi connectivity index (χ3n) is 3.73. The largest absolute Gasteiger partial charge is 0.495 e. The number of carbonyl (C=O) groups excluding carboxylic acids is 2. The number of ether oxygens (including phenoxy) is 1. The van der Waals surface area contributed by atoms with Crippen LogP contribution in [0.4, 0.5) is 10.5 Å². The predicted octanol–water partition coefficient (Wildman–Crippen LogP) is 2.35. The number of halogens is 1. The smallest absolute Gasteiger partial charge is 0.322 e. The molecule has 1 aromatic rings. The van der Waals surface area contributed by atoms with Crippen LogP contribution in [-0.2, 0) is 4.79 Å². The fourth-order valence-electron chi connectivity index (χ4n) is 2.35. The van der Waals surface area contributed by atoms with Gasteiger partial charge in [0.25, 0.3) is 0 Å². The summed E-state index contributed by atoms with van der Waals surface area (Å²) in [4.78, 5) is 27.0. The van der Waals surface area contributed by atoms with Crippen LogP contribution in [0.3, 0.4) is 0 Å². The van der Waals surface area contributed by atoms with Gasteiger partial charge in [-0.05, 0) is 18.6 Å². The number of piperazine rings is 1. The zero-order valence-corrected chi connectivity index (χ0v) is 13.7. The Balaban J connectivity index is 2.04. The van der Waals surface area contributed by atoms with Crippen LogP contribution in [0.25, 0.3) is 0 Å². The monoisotopic (exact) mass is 325 g/mol. The summed E-state index contributed by atoms with van der Waals surface area (Å²) in [7, 11) is 1.53. The second kappa shape index (κ2) is 6.87. The number of hydrogen-bond acceptors (Lipinski definition) is 3. The average molecular weight is 326 g/mol. The van der Waals surface area contributed by atoms with Crippen molar-refractivity contribution in [3.8, 4) is 5.75 Å². The van der Waals surface area contributed by atoms with E-state index in [1.807, 2.05) is 6.92 Å². The van der Waals surface area contributed by atoms with Crippen molar-refractivity contribution >= 4 is 29.2 Å². The lowest BCUT2D eigenvalue weighted by Gasteiger charge is -2.34. The van der Waals surface area contributed by atoms with Crippen LogP contribution >= 0.6 is 11.6 Å². The van der Waals surface area contributed by atoms with Gasteiger partial charge in [-0.25, -0.2) is 4.79 Å². The van der Waals surface area contributed by atoms with Gasteiger partial charge in [-0.15, -0.1) is 0 Å². The fourth-order valence-corrected chi connectivity index (χ4v) is 2.50. The second-order valence-corrected chi connectivity index (χ2v) is 5.63. The highest BCUT2D eigenvalue weighted by molar-refractivity contribution is 6.31. The molecule has 0 aromatic heterocycles. The van der Waals surface area contributed by atoms with E-state index in [2.05, 4.69) is 5.32 Å². The lowest BCUT2D eigenvalue weighted by molar-refractivity contribution is -0.130. The molecule has 0 radical (unpaired) electrons. The maximum atomic E-state index is 12.3. The highest BCUT2D eigenvalue weighted by Gasteiger charge is 2.23. The Bertz CT molecular complexity index is 584. The Morgan fingerprint density at radius 2 is 1.77 bits per heavy atom. The van der Waals surface area contributed by atoms with E-state index in [0.717, 1.165) is 5.56 Å². The van der Waals surface area contributed by atoms with E-state index >= 15 is 0 Å². The van der Waals surface area contributed by atoms with Crippen molar-refractivity contribution < 1.29 is 14.3 Å². The first-order chi connectivity index (χ1) is 10.4. The van der Waals surface area contributed by atoms with Gasteiger partial charge in [0.1, 0.15) is 5.75 Å². The Morgan fingerprint density at radius 3 is 2.32 bits per heavy atom. The van der Waals surface area contributed by atoms with Gasteiger partial charge < -0.3 is 19.9 Å². The van der Waals surface area contributed by atoms with E-state index < -0.39 is 0 Å². The molecule has 0 saturated carbocycles. The molecule has 2 rings (SSSR count). The van der Waals surface area contributed by atoms with Crippen molar-refractivity contribution in [1.82, 2.24) is 9.80 Å². The molecule has 0 spiro atoms. The lowest BCUT2D eigenvalue weighted by atomic mass is 10.2. The number of hydrogen-bond donors (Lipinski definition) is 1. The lowest BCUT2D eigenvalue weighted by Crippen LogP contribution is -2.51. The van der Waals surface area contributed by atoms with Crippen molar-refractivity contribution in [1.29, 1.82) is 0 Å². The highest BCUT2D eigenvalue weighted by atomic mass is 35.5. The molecule has 1 saturated heterocycles. The predicted molar refractivity (Wildman–Crippen MR) is 85.6 cm³/mol. The standard InChI is InChI=1S/C15H20ClN3O3/c1-10-8-13(14(22-3)9-12(10)16)17-15(21)19-6-4-18(5-7-19)11(2)20/h8-9H,4-7H2,1-3H3,(H,17,21). The fraction of sp³-hybridized carbons (Fsp3) is 0.467. The van der Waals surface area contributed by atoms with Crippen LogP contribution in [0.2, 0.25) is 5.02 Å². The molecule has 120 valence electrons. The number of methoxy groups -OCH3 is 1. The topological polar surface area (TPSA) is 61.9 Å². The average Bonchev–Trinajstić information content (AvgIpc) is 2.50. The van der Waals surface area contributed by atoms with Crippen molar-refractivity contribution in [2.75, 3.05) is 38.6 Å². The first-order valence-electron chi connectivity index (χ1n) is 7.08. The highest BCUT2D eigenvalue weighted by Crippen LogP contribution is 2.31.